The van der Waals surface area contributed by atoms with Crippen LogP contribution in [0.1, 0.15) is 6.92 Å². The van der Waals surface area contributed by atoms with Gasteiger partial charge in [-0.25, -0.2) is 4.79 Å². The second-order valence-electron chi connectivity index (χ2n) is 2.04. The van der Waals surface area contributed by atoms with E-state index in [1.54, 1.807) is 0 Å². The molecule has 66 valence electrons. The first-order valence-corrected chi connectivity index (χ1v) is 3.24. The molecule has 0 aromatic carbocycles. The molecule has 2 heterocycles. The van der Waals surface area contributed by atoms with Crippen LogP contribution < -0.4 is 0 Å². The smallest absolute Gasteiger partial charge is 0.450 e. The van der Waals surface area contributed by atoms with Crippen LogP contribution in [0.3, 0.4) is 0 Å². The van der Waals surface area contributed by atoms with Gasteiger partial charge < -0.3 is 19.7 Å². The zero-order valence-electron chi connectivity index (χ0n) is 6.32. The van der Waals surface area contributed by atoms with Crippen molar-refractivity contribution in [1.82, 2.24) is 0 Å². The zero-order chi connectivity index (χ0) is 8.69. The van der Waals surface area contributed by atoms with Crippen molar-refractivity contribution in [1.29, 1.82) is 0 Å². The molecule has 1 unspecified atom stereocenters. The Labute approximate surface area is 64.5 Å². The molecule has 1 atom stereocenters. The van der Waals surface area contributed by atoms with Crippen molar-refractivity contribution in [2.45, 2.75) is 13.0 Å². The quantitative estimate of drug-likeness (QED) is 0.513. The van der Waals surface area contributed by atoms with Gasteiger partial charge in [0.2, 0.25) is 0 Å². The Morgan fingerprint density at radius 2 is 1.64 bits per heavy atom. The van der Waals surface area contributed by atoms with E-state index in [0.29, 0.717) is 6.10 Å². The fourth-order valence-corrected chi connectivity index (χ4v) is 0.0962. The average Bonchev–Trinajstić information content (AvgIpc) is 2.58. The van der Waals surface area contributed by atoms with Crippen LogP contribution in [0.5, 0.6) is 0 Å². The van der Waals surface area contributed by atoms with Crippen molar-refractivity contribution in [3.63, 3.8) is 0 Å². The van der Waals surface area contributed by atoms with E-state index in [1.807, 2.05) is 0 Å². The standard InChI is InChI=1S/C3H6O.C2H4O.CH2O3/c1-3-2-4-3;1-2-3-1;2-1(3)4/h3H,2H2,1H3;1-2H2;(H2,2,3,4). The second-order valence-corrected chi connectivity index (χ2v) is 2.04. The summed E-state index contributed by atoms with van der Waals surface area (Å²) >= 11 is 0. The first-order chi connectivity index (χ1) is 5.13. The lowest BCUT2D eigenvalue weighted by Crippen LogP contribution is -1.81. The molecule has 11 heavy (non-hydrogen) atoms. The molecule has 5 nitrogen and oxygen atoms in total. The minimum Gasteiger partial charge on any atom is -0.450 e. The monoisotopic (exact) mass is 164 g/mol. The van der Waals surface area contributed by atoms with Gasteiger partial charge in [-0.15, -0.1) is 0 Å². The summed E-state index contributed by atoms with van der Waals surface area (Å²) in [5.41, 5.74) is 0. The maximum absolute atomic E-state index is 8.56. The topological polar surface area (TPSA) is 82.6 Å². The molecule has 0 radical (unpaired) electrons. The number of carbonyl (C=O) groups is 1. The number of epoxide rings is 2. The lowest BCUT2D eigenvalue weighted by atomic mass is 10.6. The second kappa shape index (κ2) is 5.94. The summed E-state index contributed by atoms with van der Waals surface area (Å²) in [6.07, 6.45) is -1.25. The average molecular weight is 164 g/mol. The molecule has 2 rings (SSSR count). The molecule has 2 N–H and O–H groups in total. The molecule has 0 amide bonds. The van der Waals surface area contributed by atoms with Crippen LogP contribution in [0.4, 0.5) is 4.79 Å². The molecular formula is C6H12O5. The van der Waals surface area contributed by atoms with Crippen LogP contribution in [-0.2, 0) is 9.47 Å². The van der Waals surface area contributed by atoms with Crippen LogP contribution in [0.25, 0.3) is 0 Å². The van der Waals surface area contributed by atoms with Gasteiger partial charge in [-0.1, -0.05) is 0 Å². The molecule has 5 heteroatoms. The maximum atomic E-state index is 8.56. The highest BCUT2D eigenvalue weighted by atomic mass is 16.6. The molecule has 2 saturated heterocycles. The van der Waals surface area contributed by atoms with Gasteiger partial charge >= 0.3 is 6.16 Å². The highest BCUT2D eigenvalue weighted by molar-refractivity contribution is 5.53. The fourth-order valence-electron chi connectivity index (χ4n) is 0.0962. The Kier molecular flexibility index (Phi) is 5.50. The third-order valence-electron chi connectivity index (χ3n) is 0.704. The lowest BCUT2D eigenvalue weighted by molar-refractivity contribution is 0.137. The van der Waals surface area contributed by atoms with E-state index >= 15 is 0 Å². The number of hydrogen-bond acceptors (Lipinski definition) is 3. The number of rotatable bonds is 0. The summed E-state index contributed by atoms with van der Waals surface area (Å²) in [5, 5.41) is 13.9. The minimum atomic E-state index is -1.83. The lowest BCUT2D eigenvalue weighted by Gasteiger charge is -1.60. The summed E-state index contributed by atoms with van der Waals surface area (Å²) in [4.78, 5) is 8.56. The highest BCUT2D eigenvalue weighted by Gasteiger charge is 2.13. The van der Waals surface area contributed by atoms with Crippen LogP contribution in [0, 0.1) is 0 Å². The largest absolute Gasteiger partial charge is 0.503 e. The summed E-state index contributed by atoms with van der Waals surface area (Å²) in [5.74, 6) is 0. The predicted molar refractivity (Wildman–Crippen MR) is 36.9 cm³/mol. The fraction of sp³-hybridized carbons (Fsp3) is 0.833. The van der Waals surface area contributed by atoms with E-state index in [9.17, 15) is 0 Å². The van der Waals surface area contributed by atoms with Gasteiger partial charge in [0, 0.05) is 0 Å². The van der Waals surface area contributed by atoms with Gasteiger partial charge in [0.15, 0.2) is 0 Å². The third kappa shape index (κ3) is 46.7. The van der Waals surface area contributed by atoms with Gasteiger partial charge in [-0.3, -0.25) is 0 Å². The zero-order valence-corrected chi connectivity index (χ0v) is 6.32. The van der Waals surface area contributed by atoms with Gasteiger partial charge in [-0.2, -0.15) is 0 Å². The van der Waals surface area contributed by atoms with Crippen molar-refractivity contribution in [3.8, 4) is 0 Å². The van der Waals surface area contributed by atoms with E-state index in [0.717, 1.165) is 19.8 Å². The first kappa shape index (κ1) is 10.2. The molecule has 0 spiro atoms. The van der Waals surface area contributed by atoms with Crippen LogP contribution in [0.2, 0.25) is 0 Å². The summed E-state index contributed by atoms with van der Waals surface area (Å²) in [6.45, 7) is 5.04. The normalized spacial score (nSPS) is 23.2. The molecule has 2 aliphatic heterocycles. The van der Waals surface area contributed by atoms with Crippen molar-refractivity contribution in [3.05, 3.63) is 0 Å². The third-order valence-corrected chi connectivity index (χ3v) is 0.704. The van der Waals surface area contributed by atoms with E-state index in [1.165, 1.54) is 0 Å². The molecule has 2 fully saturated rings. The molecule has 0 bridgehead atoms. The molecule has 2 aliphatic rings. The van der Waals surface area contributed by atoms with Crippen molar-refractivity contribution in [2.24, 2.45) is 0 Å². The molecular weight excluding hydrogens is 152 g/mol. The molecule has 0 aromatic rings. The summed E-state index contributed by atoms with van der Waals surface area (Å²) in [7, 11) is 0. The SMILES string of the molecule is C1CO1.CC1CO1.O=C(O)O. The van der Waals surface area contributed by atoms with Crippen LogP contribution in [-0.4, -0.2) is 42.3 Å². The Balaban J connectivity index is 0.000000137. The van der Waals surface area contributed by atoms with Crippen LogP contribution in [0.15, 0.2) is 0 Å². The van der Waals surface area contributed by atoms with E-state index < -0.39 is 6.16 Å². The maximum Gasteiger partial charge on any atom is 0.503 e. The Hall–Kier alpha value is -0.810. The summed E-state index contributed by atoms with van der Waals surface area (Å²) in [6, 6.07) is 0. The van der Waals surface area contributed by atoms with E-state index in [4.69, 9.17) is 19.7 Å². The van der Waals surface area contributed by atoms with Gasteiger partial charge in [0.1, 0.15) is 0 Å². The number of ether oxygens (including phenoxy) is 2. The molecule has 0 aromatic heterocycles. The van der Waals surface area contributed by atoms with Crippen LogP contribution >= 0.6 is 0 Å². The Morgan fingerprint density at radius 3 is 1.64 bits per heavy atom. The molecule has 0 saturated carbocycles. The van der Waals surface area contributed by atoms with Crippen molar-refractivity contribution in [2.75, 3.05) is 19.8 Å². The molecule has 0 aliphatic carbocycles. The van der Waals surface area contributed by atoms with Gasteiger partial charge in [-0.05, 0) is 6.92 Å². The van der Waals surface area contributed by atoms with Gasteiger partial charge in [0.05, 0.1) is 25.9 Å². The van der Waals surface area contributed by atoms with Crippen molar-refractivity contribution < 1.29 is 24.5 Å². The predicted octanol–water partition coefficient (Wildman–Crippen LogP) is 0.644. The summed E-state index contributed by atoms with van der Waals surface area (Å²) < 4.78 is 9.21. The van der Waals surface area contributed by atoms with Crippen molar-refractivity contribution >= 4 is 6.16 Å². The van der Waals surface area contributed by atoms with E-state index in [2.05, 4.69) is 11.7 Å². The number of hydrogen-bond donors (Lipinski definition) is 2. The van der Waals surface area contributed by atoms with Gasteiger partial charge in [0.25, 0.3) is 0 Å². The Bertz CT molecular complexity index is 101. The Morgan fingerprint density at radius 1 is 1.45 bits per heavy atom. The first-order valence-electron chi connectivity index (χ1n) is 3.24. The number of carboxylic acid groups (broad SMARTS) is 2. The minimum absolute atomic E-state index is 0.583. The van der Waals surface area contributed by atoms with E-state index in [-0.39, 0.29) is 0 Å². The highest BCUT2D eigenvalue weighted by Crippen LogP contribution is 2.04.